The van der Waals surface area contributed by atoms with E-state index >= 15 is 0 Å². The molecule has 0 radical (unpaired) electrons. The number of allylic oxidation sites excluding steroid dienone is 1. The van der Waals surface area contributed by atoms with Gasteiger partial charge in [0.05, 0.1) is 12.2 Å². The number of nitrogens with zero attached hydrogens (tertiary/aromatic N) is 2. The van der Waals surface area contributed by atoms with Crippen LogP contribution in [0.15, 0.2) is 76.2 Å². The van der Waals surface area contributed by atoms with Crippen molar-refractivity contribution in [2.75, 3.05) is 52.4 Å². The van der Waals surface area contributed by atoms with Gasteiger partial charge in [0.25, 0.3) is 0 Å². The van der Waals surface area contributed by atoms with Crippen LogP contribution in [0.5, 0.6) is 0 Å². The molecule has 2 fully saturated rings. The van der Waals surface area contributed by atoms with Gasteiger partial charge in [0.1, 0.15) is 0 Å². The van der Waals surface area contributed by atoms with Crippen molar-refractivity contribution in [3.63, 3.8) is 0 Å². The third-order valence-electron chi connectivity index (χ3n) is 6.49. The van der Waals surface area contributed by atoms with Crippen LogP contribution in [0.25, 0.3) is 0 Å². The van der Waals surface area contributed by atoms with E-state index in [0.29, 0.717) is 25.0 Å². The van der Waals surface area contributed by atoms with Crippen molar-refractivity contribution in [2.45, 2.75) is 28.6 Å². The monoisotopic (exact) mass is 479 g/mol. The van der Waals surface area contributed by atoms with Gasteiger partial charge in [-0.15, -0.1) is 0 Å². The fraction of sp³-hybridized carbons (Fsp3) is 0.407. The maximum Gasteiger partial charge on any atom is 0.168 e. The minimum absolute atomic E-state index is 0.0526. The smallest absolute Gasteiger partial charge is 0.168 e. The summed E-state index contributed by atoms with van der Waals surface area (Å²) in [7, 11) is 0. The molecule has 2 aromatic rings. The SMILES string of the molecule is O=C1CC(c2ccc(Sc3ccccc3)cc2)CC(=O)C1=CNCCN1CCN(CCO)CC1. The number of rotatable bonds is 9. The van der Waals surface area contributed by atoms with Crippen LogP contribution in [-0.2, 0) is 9.59 Å². The number of benzene rings is 2. The second kappa shape index (κ2) is 12.3. The van der Waals surface area contributed by atoms with E-state index in [2.05, 4.69) is 39.4 Å². The lowest BCUT2D eigenvalue weighted by Crippen LogP contribution is -2.48. The number of nitrogens with one attached hydrogen (secondary N) is 1. The molecule has 0 bridgehead atoms. The van der Waals surface area contributed by atoms with Crippen molar-refractivity contribution < 1.29 is 14.7 Å². The van der Waals surface area contributed by atoms with E-state index in [1.54, 1.807) is 18.0 Å². The van der Waals surface area contributed by atoms with Crippen LogP contribution in [0.4, 0.5) is 0 Å². The Hall–Kier alpha value is -2.45. The van der Waals surface area contributed by atoms with Gasteiger partial charge in [-0.05, 0) is 35.7 Å². The average molecular weight is 480 g/mol. The first-order chi connectivity index (χ1) is 16.6. The van der Waals surface area contributed by atoms with Crippen LogP contribution in [0.1, 0.15) is 24.3 Å². The number of ketones is 2. The van der Waals surface area contributed by atoms with E-state index in [1.165, 1.54) is 4.90 Å². The van der Waals surface area contributed by atoms with Crippen LogP contribution < -0.4 is 5.32 Å². The van der Waals surface area contributed by atoms with Gasteiger partial charge in [-0.25, -0.2) is 0 Å². The summed E-state index contributed by atoms with van der Waals surface area (Å²) in [5.74, 6) is -0.202. The van der Waals surface area contributed by atoms with Gasteiger partial charge in [-0.1, -0.05) is 42.1 Å². The Morgan fingerprint density at radius 2 is 1.44 bits per heavy atom. The quantitative estimate of drug-likeness (QED) is 0.325. The zero-order valence-electron chi connectivity index (χ0n) is 19.5. The van der Waals surface area contributed by atoms with Crippen molar-refractivity contribution in [2.24, 2.45) is 0 Å². The number of aliphatic hydroxyl groups is 1. The third-order valence-corrected chi connectivity index (χ3v) is 7.51. The molecule has 180 valence electrons. The first-order valence-corrected chi connectivity index (χ1v) is 12.8. The first kappa shape index (κ1) is 24.7. The van der Waals surface area contributed by atoms with E-state index in [9.17, 15) is 9.59 Å². The molecular formula is C27H33N3O3S. The summed E-state index contributed by atoms with van der Waals surface area (Å²) in [6.07, 6.45) is 2.37. The van der Waals surface area contributed by atoms with Gasteiger partial charge in [0.15, 0.2) is 11.6 Å². The second-order valence-corrected chi connectivity index (χ2v) is 10.0. The minimum Gasteiger partial charge on any atom is -0.395 e. The van der Waals surface area contributed by atoms with Crippen LogP contribution in [0.3, 0.4) is 0 Å². The third kappa shape index (κ3) is 6.79. The van der Waals surface area contributed by atoms with E-state index in [1.807, 2.05) is 30.3 Å². The summed E-state index contributed by atoms with van der Waals surface area (Å²) in [5, 5.41) is 12.2. The van der Waals surface area contributed by atoms with Crippen LogP contribution in [-0.4, -0.2) is 78.9 Å². The molecule has 4 rings (SSSR count). The lowest BCUT2D eigenvalue weighted by atomic mass is 9.80. The zero-order chi connectivity index (χ0) is 23.8. The van der Waals surface area contributed by atoms with Gasteiger partial charge in [0, 0.05) is 74.6 Å². The number of hydrogen-bond acceptors (Lipinski definition) is 7. The molecule has 1 aliphatic carbocycles. The molecule has 0 aromatic heterocycles. The van der Waals surface area contributed by atoms with Crippen molar-refractivity contribution in [1.29, 1.82) is 0 Å². The molecule has 1 saturated carbocycles. The number of carbonyl (C=O) groups excluding carboxylic acids is 2. The highest BCUT2D eigenvalue weighted by atomic mass is 32.2. The molecule has 2 aromatic carbocycles. The summed E-state index contributed by atoms with van der Waals surface area (Å²) in [6.45, 7) is 6.39. The molecule has 2 N–H and O–H groups in total. The maximum absolute atomic E-state index is 12.7. The second-order valence-electron chi connectivity index (χ2n) is 8.85. The van der Waals surface area contributed by atoms with Crippen LogP contribution in [0.2, 0.25) is 0 Å². The Morgan fingerprint density at radius 1 is 0.853 bits per heavy atom. The molecule has 1 aliphatic heterocycles. The summed E-state index contributed by atoms with van der Waals surface area (Å²) in [4.78, 5) is 32.4. The largest absolute Gasteiger partial charge is 0.395 e. The molecule has 0 spiro atoms. The fourth-order valence-corrected chi connectivity index (χ4v) is 5.34. The minimum atomic E-state index is -0.0749. The Kier molecular flexibility index (Phi) is 8.93. The molecular weight excluding hydrogens is 446 g/mol. The summed E-state index contributed by atoms with van der Waals surface area (Å²) in [6, 6.07) is 18.4. The van der Waals surface area contributed by atoms with E-state index in [-0.39, 0.29) is 24.1 Å². The van der Waals surface area contributed by atoms with Crippen LogP contribution >= 0.6 is 11.8 Å². The molecule has 1 saturated heterocycles. The molecule has 0 unspecified atom stereocenters. The molecule has 0 amide bonds. The Labute approximate surface area is 206 Å². The number of aliphatic hydroxyl groups excluding tert-OH is 1. The molecule has 1 heterocycles. The lowest BCUT2D eigenvalue weighted by Gasteiger charge is -2.34. The highest BCUT2D eigenvalue weighted by Gasteiger charge is 2.31. The van der Waals surface area contributed by atoms with E-state index < -0.39 is 0 Å². The topological polar surface area (TPSA) is 72.9 Å². The van der Waals surface area contributed by atoms with E-state index in [0.717, 1.165) is 49.7 Å². The average Bonchev–Trinajstić information content (AvgIpc) is 2.85. The van der Waals surface area contributed by atoms with Crippen molar-refractivity contribution >= 4 is 23.3 Å². The number of hydrogen-bond donors (Lipinski definition) is 2. The standard InChI is InChI=1S/C27H33N3O3S/c31-17-16-30-14-12-29(13-15-30)11-10-28-20-25-26(32)18-22(19-27(25)33)21-6-8-24(9-7-21)34-23-4-2-1-3-5-23/h1-9,20,22,28,31H,10-19H2. The first-order valence-electron chi connectivity index (χ1n) is 12.0. The van der Waals surface area contributed by atoms with Crippen molar-refractivity contribution in [1.82, 2.24) is 15.1 Å². The Bertz CT molecular complexity index is 966. The molecule has 2 aliphatic rings. The highest BCUT2D eigenvalue weighted by Crippen LogP contribution is 2.34. The number of Topliss-reactive ketones (excluding diaryl/α,β-unsaturated/α-hetero) is 2. The predicted molar refractivity (Wildman–Crippen MR) is 135 cm³/mol. The summed E-state index contributed by atoms with van der Waals surface area (Å²) < 4.78 is 0. The fourth-order valence-electron chi connectivity index (χ4n) is 4.50. The van der Waals surface area contributed by atoms with Gasteiger partial charge in [-0.3, -0.25) is 19.4 Å². The van der Waals surface area contributed by atoms with Gasteiger partial charge >= 0.3 is 0 Å². The number of β-amino-alcohol motifs (C(OH)–C–C–N with tert-alkyl or cyclic N) is 1. The van der Waals surface area contributed by atoms with Gasteiger partial charge in [0.2, 0.25) is 0 Å². The van der Waals surface area contributed by atoms with Crippen molar-refractivity contribution in [3.8, 4) is 0 Å². The predicted octanol–water partition coefficient (Wildman–Crippen LogP) is 2.94. The van der Waals surface area contributed by atoms with Crippen LogP contribution in [0, 0.1) is 0 Å². The molecule has 34 heavy (non-hydrogen) atoms. The van der Waals surface area contributed by atoms with E-state index in [4.69, 9.17) is 5.11 Å². The Morgan fingerprint density at radius 3 is 2.06 bits per heavy atom. The summed E-state index contributed by atoms with van der Waals surface area (Å²) in [5.41, 5.74) is 1.35. The normalized spacial score (nSPS) is 19.9. The maximum atomic E-state index is 12.7. The molecule has 7 heteroatoms. The molecule has 0 atom stereocenters. The summed E-state index contributed by atoms with van der Waals surface area (Å²) >= 11 is 1.70. The Balaban J connectivity index is 1.24. The molecule has 6 nitrogen and oxygen atoms in total. The van der Waals surface area contributed by atoms with Crippen molar-refractivity contribution in [3.05, 3.63) is 71.9 Å². The zero-order valence-corrected chi connectivity index (χ0v) is 20.3. The van der Waals surface area contributed by atoms with Gasteiger partial charge in [-0.2, -0.15) is 0 Å². The number of carbonyl (C=O) groups is 2. The highest BCUT2D eigenvalue weighted by molar-refractivity contribution is 7.99. The van der Waals surface area contributed by atoms with Gasteiger partial charge < -0.3 is 10.4 Å². The number of piperazine rings is 1. The lowest BCUT2D eigenvalue weighted by molar-refractivity contribution is -0.124.